The van der Waals surface area contributed by atoms with Crippen LogP contribution in [0.25, 0.3) is 0 Å². The molecule has 1 aromatic heterocycles. The molecule has 0 unspecified atom stereocenters. The highest BCUT2D eigenvalue weighted by atomic mass is 127. The van der Waals surface area contributed by atoms with E-state index in [1.807, 2.05) is 17.8 Å². The molecule has 0 bridgehead atoms. The zero-order valence-electron chi connectivity index (χ0n) is 13.0. The van der Waals surface area contributed by atoms with E-state index in [1.165, 1.54) is 0 Å². The second-order valence-corrected chi connectivity index (χ2v) is 4.26. The zero-order chi connectivity index (χ0) is 14.6. The van der Waals surface area contributed by atoms with E-state index in [1.54, 1.807) is 20.4 Å². The molecule has 0 atom stereocenters. The lowest BCUT2D eigenvalue weighted by Crippen LogP contribution is -2.38. The number of aliphatic imine (C=N–C) groups is 1. The number of methoxy groups -OCH3 is 1. The van der Waals surface area contributed by atoms with E-state index in [0.717, 1.165) is 31.2 Å². The van der Waals surface area contributed by atoms with Crippen LogP contribution < -0.4 is 10.6 Å². The Labute approximate surface area is 143 Å². The molecule has 0 fully saturated rings. The third-order valence-electron chi connectivity index (χ3n) is 2.77. The number of nitrogens with zero attached hydrogens (tertiary/aromatic N) is 3. The number of aromatic nitrogens is 2. The fraction of sp³-hybridized carbons (Fsp3) is 0.692. The predicted molar refractivity (Wildman–Crippen MR) is 94.1 cm³/mol. The minimum Gasteiger partial charge on any atom is -0.382 e. The van der Waals surface area contributed by atoms with Crippen LogP contribution in [0.15, 0.2) is 17.3 Å². The molecule has 1 aromatic rings. The quantitative estimate of drug-likeness (QED) is 0.272. The summed E-state index contributed by atoms with van der Waals surface area (Å²) >= 11 is 0. The maximum absolute atomic E-state index is 5.39. The minimum atomic E-state index is 0. The molecule has 0 spiro atoms. The van der Waals surface area contributed by atoms with E-state index >= 15 is 0 Å². The number of rotatable bonds is 9. The lowest BCUT2D eigenvalue weighted by Gasteiger charge is -2.12. The molecular weight excluding hydrogens is 385 g/mol. The third kappa shape index (κ3) is 8.89. The van der Waals surface area contributed by atoms with Crippen LogP contribution in [0.2, 0.25) is 0 Å². The van der Waals surface area contributed by atoms with Crippen LogP contribution in [0, 0.1) is 0 Å². The van der Waals surface area contributed by atoms with Gasteiger partial charge in [-0.05, 0) is 12.5 Å². The molecule has 0 aliphatic heterocycles. The summed E-state index contributed by atoms with van der Waals surface area (Å²) in [5.74, 6) is 0.781. The van der Waals surface area contributed by atoms with Crippen LogP contribution in [0.4, 0.5) is 0 Å². The SMILES string of the molecule is CN=C(NCCCOCCOC)NCc1ccnn1C.I. The normalized spacial score (nSPS) is 11.1. The first kappa shape index (κ1) is 20.1. The Hall–Kier alpha value is -0.870. The van der Waals surface area contributed by atoms with Gasteiger partial charge < -0.3 is 20.1 Å². The zero-order valence-corrected chi connectivity index (χ0v) is 15.3. The summed E-state index contributed by atoms with van der Waals surface area (Å²) in [6.07, 6.45) is 2.71. The van der Waals surface area contributed by atoms with Gasteiger partial charge in [-0.25, -0.2) is 0 Å². The van der Waals surface area contributed by atoms with Crippen LogP contribution >= 0.6 is 24.0 Å². The highest BCUT2D eigenvalue weighted by Gasteiger charge is 2.00. The Morgan fingerprint density at radius 1 is 1.33 bits per heavy atom. The molecule has 7 nitrogen and oxygen atoms in total. The van der Waals surface area contributed by atoms with E-state index in [9.17, 15) is 0 Å². The number of aryl methyl sites for hydroxylation is 1. The molecule has 0 radical (unpaired) electrons. The van der Waals surface area contributed by atoms with Crippen LogP contribution in [-0.4, -0.2) is 56.3 Å². The molecule has 0 aromatic carbocycles. The Morgan fingerprint density at radius 2 is 2.14 bits per heavy atom. The standard InChI is InChI=1S/C13H25N5O2.HI/c1-14-13(15-6-4-8-20-10-9-19-3)16-11-12-5-7-17-18(12)2;/h5,7H,4,6,8-11H2,1-3H3,(H2,14,15,16);1H. The molecule has 0 saturated heterocycles. The first-order valence-electron chi connectivity index (χ1n) is 6.76. The van der Waals surface area contributed by atoms with Gasteiger partial charge in [-0.15, -0.1) is 24.0 Å². The number of hydrogen-bond acceptors (Lipinski definition) is 4. The van der Waals surface area contributed by atoms with E-state index in [4.69, 9.17) is 9.47 Å². The van der Waals surface area contributed by atoms with Crippen molar-refractivity contribution in [2.45, 2.75) is 13.0 Å². The highest BCUT2D eigenvalue weighted by Crippen LogP contribution is 1.94. The number of hydrogen-bond donors (Lipinski definition) is 2. The highest BCUT2D eigenvalue weighted by molar-refractivity contribution is 14.0. The first-order chi connectivity index (χ1) is 9.77. The van der Waals surface area contributed by atoms with Crippen molar-refractivity contribution in [3.8, 4) is 0 Å². The van der Waals surface area contributed by atoms with Crippen molar-refractivity contribution in [3.63, 3.8) is 0 Å². The summed E-state index contributed by atoms with van der Waals surface area (Å²) in [7, 11) is 5.35. The number of ether oxygens (including phenoxy) is 2. The number of nitrogens with one attached hydrogen (secondary N) is 2. The van der Waals surface area contributed by atoms with Gasteiger partial charge in [0.15, 0.2) is 5.96 Å². The Kier molecular flexibility index (Phi) is 12.3. The number of halogens is 1. The predicted octanol–water partition coefficient (Wildman–Crippen LogP) is 0.756. The summed E-state index contributed by atoms with van der Waals surface area (Å²) in [6.45, 7) is 3.51. The molecular formula is C13H26IN5O2. The summed E-state index contributed by atoms with van der Waals surface area (Å²) in [4.78, 5) is 4.17. The third-order valence-corrected chi connectivity index (χ3v) is 2.77. The van der Waals surface area contributed by atoms with Crippen LogP contribution in [0.5, 0.6) is 0 Å². The van der Waals surface area contributed by atoms with Gasteiger partial charge in [-0.2, -0.15) is 5.10 Å². The van der Waals surface area contributed by atoms with Gasteiger partial charge in [0.1, 0.15) is 0 Å². The van der Waals surface area contributed by atoms with E-state index in [0.29, 0.717) is 19.8 Å². The van der Waals surface area contributed by atoms with Gasteiger partial charge in [-0.3, -0.25) is 9.67 Å². The van der Waals surface area contributed by atoms with Crippen molar-refractivity contribution in [2.24, 2.45) is 12.0 Å². The fourth-order valence-corrected chi connectivity index (χ4v) is 1.59. The van der Waals surface area contributed by atoms with E-state index in [2.05, 4.69) is 20.7 Å². The van der Waals surface area contributed by atoms with Crippen molar-refractivity contribution >= 4 is 29.9 Å². The summed E-state index contributed by atoms with van der Waals surface area (Å²) in [5.41, 5.74) is 1.11. The van der Waals surface area contributed by atoms with Gasteiger partial charge in [0, 0.05) is 40.6 Å². The first-order valence-corrected chi connectivity index (χ1v) is 6.76. The fourth-order valence-electron chi connectivity index (χ4n) is 1.59. The van der Waals surface area contributed by atoms with Crippen LogP contribution in [0.3, 0.4) is 0 Å². The molecule has 122 valence electrons. The van der Waals surface area contributed by atoms with Crippen molar-refractivity contribution in [1.82, 2.24) is 20.4 Å². The molecule has 0 amide bonds. The second-order valence-electron chi connectivity index (χ2n) is 4.26. The minimum absolute atomic E-state index is 0. The van der Waals surface area contributed by atoms with Crippen molar-refractivity contribution in [1.29, 1.82) is 0 Å². The largest absolute Gasteiger partial charge is 0.382 e. The van der Waals surface area contributed by atoms with Crippen LogP contribution in [-0.2, 0) is 23.1 Å². The molecule has 21 heavy (non-hydrogen) atoms. The van der Waals surface area contributed by atoms with Gasteiger partial charge in [0.25, 0.3) is 0 Å². The molecule has 0 aliphatic rings. The van der Waals surface area contributed by atoms with Gasteiger partial charge in [0.2, 0.25) is 0 Å². The summed E-state index contributed by atoms with van der Waals surface area (Å²) in [6, 6.07) is 1.98. The molecule has 0 aliphatic carbocycles. The van der Waals surface area contributed by atoms with Gasteiger partial charge in [-0.1, -0.05) is 0 Å². The smallest absolute Gasteiger partial charge is 0.191 e. The van der Waals surface area contributed by atoms with Crippen molar-refractivity contribution in [2.75, 3.05) is 40.5 Å². The summed E-state index contributed by atoms with van der Waals surface area (Å²) < 4.78 is 12.1. The maximum Gasteiger partial charge on any atom is 0.191 e. The lowest BCUT2D eigenvalue weighted by atomic mass is 10.4. The van der Waals surface area contributed by atoms with Gasteiger partial charge >= 0.3 is 0 Å². The van der Waals surface area contributed by atoms with Crippen LogP contribution in [0.1, 0.15) is 12.1 Å². The van der Waals surface area contributed by atoms with E-state index < -0.39 is 0 Å². The topological polar surface area (TPSA) is 72.7 Å². The van der Waals surface area contributed by atoms with Crippen molar-refractivity contribution < 1.29 is 9.47 Å². The number of guanidine groups is 1. The Bertz CT molecular complexity index is 398. The average molecular weight is 411 g/mol. The molecule has 0 saturated carbocycles. The van der Waals surface area contributed by atoms with Crippen molar-refractivity contribution in [3.05, 3.63) is 18.0 Å². The lowest BCUT2D eigenvalue weighted by molar-refractivity contribution is 0.0698. The maximum atomic E-state index is 5.39. The Morgan fingerprint density at radius 3 is 2.76 bits per heavy atom. The average Bonchev–Trinajstić information content (AvgIpc) is 2.86. The molecule has 1 heterocycles. The molecule has 1 rings (SSSR count). The summed E-state index contributed by atoms with van der Waals surface area (Å²) in [5, 5.41) is 10.6. The Balaban J connectivity index is 0.00000400. The van der Waals surface area contributed by atoms with Gasteiger partial charge in [0.05, 0.1) is 25.5 Å². The molecule has 8 heteroatoms. The monoisotopic (exact) mass is 411 g/mol. The second kappa shape index (κ2) is 12.8. The molecule has 2 N–H and O–H groups in total. The van der Waals surface area contributed by atoms with E-state index in [-0.39, 0.29) is 24.0 Å².